The molecule has 0 aliphatic carbocycles. The molecule has 0 aromatic carbocycles. The number of allylic oxidation sites excluding steroid dienone is 6. The van der Waals surface area contributed by atoms with E-state index in [1.807, 2.05) is 21.6 Å². The van der Waals surface area contributed by atoms with Crippen LogP contribution in [-0.2, 0) is 28.5 Å². The molecule has 0 atom stereocenters. The molecular formula is C56H102N2O6S2. The highest BCUT2D eigenvalue weighted by atomic mass is 33.1. The molecule has 0 radical (unpaired) electrons. The number of hydrogen-bond acceptors (Lipinski definition) is 10. The third-order valence-electron chi connectivity index (χ3n) is 13.2. The number of hydrogen-bond donors (Lipinski definition) is 0. The Kier molecular flexibility index (Phi) is 42.5. The number of rotatable bonds is 45. The van der Waals surface area contributed by atoms with E-state index in [9.17, 15) is 9.59 Å². The van der Waals surface area contributed by atoms with Crippen molar-refractivity contribution < 1.29 is 28.5 Å². The number of carbonyl (C=O) groups excluding carboxylic acids is 2. The van der Waals surface area contributed by atoms with Crippen molar-refractivity contribution in [3.05, 3.63) is 36.5 Å². The molecule has 2 aliphatic rings. The number of nitrogens with zero attached hydrogens (tertiary/aromatic N) is 2. The summed E-state index contributed by atoms with van der Waals surface area (Å²) in [5.41, 5.74) is 0. The second kappa shape index (κ2) is 46.1. The van der Waals surface area contributed by atoms with Gasteiger partial charge in [-0.1, -0.05) is 130 Å². The molecule has 384 valence electrons. The second-order valence-electron chi connectivity index (χ2n) is 19.0. The Morgan fingerprint density at radius 2 is 0.909 bits per heavy atom. The minimum Gasteiger partial charge on any atom is -0.466 e. The fourth-order valence-electron chi connectivity index (χ4n) is 8.79. The Morgan fingerprint density at radius 3 is 1.38 bits per heavy atom. The number of carbonyl (C=O) groups is 2. The molecule has 2 fully saturated rings. The molecule has 0 aromatic rings. The molecule has 2 aliphatic heterocycles. The summed E-state index contributed by atoms with van der Waals surface area (Å²) in [6, 6.07) is 0. The van der Waals surface area contributed by atoms with Gasteiger partial charge in [0, 0.05) is 50.7 Å². The van der Waals surface area contributed by atoms with Gasteiger partial charge < -0.3 is 28.7 Å². The Bertz CT molecular complexity index is 1160. The van der Waals surface area contributed by atoms with Crippen LogP contribution in [0.4, 0.5) is 0 Å². The Hall–Kier alpha value is -1.30. The normalized spacial score (nSPS) is 15.9. The Morgan fingerprint density at radius 1 is 0.500 bits per heavy atom. The molecule has 2 saturated heterocycles. The van der Waals surface area contributed by atoms with E-state index in [2.05, 4.69) is 67.0 Å². The highest BCUT2D eigenvalue weighted by Crippen LogP contribution is 2.26. The molecular weight excluding hydrogens is 861 g/mol. The number of ether oxygens (including phenoxy) is 4. The van der Waals surface area contributed by atoms with Crippen LogP contribution in [0.1, 0.15) is 213 Å². The van der Waals surface area contributed by atoms with E-state index < -0.39 is 0 Å². The first kappa shape index (κ1) is 60.8. The number of piperidine rings is 2. The van der Waals surface area contributed by atoms with Crippen molar-refractivity contribution in [1.82, 2.24) is 9.80 Å². The van der Waals surface area contributed by atoms with E-state index in [0.717, 1.165) is 96.7 Å². The minimum atomic E-state index is -0.340. The maximum Gasteiger partial charge on any atom is 0.305 e. The molecule has 0 N–H and O–H groups in total. The predicted octanol–water partition coefficient (Wildman–Crippen LogP) is 15.1. The summed E-state index contributed by atoms with van der Waals surface area (Å²) in [6.45, 7) is 16.0. The molecule has 0 bridgehead atoms. The molecule has 0 spiro atoms. The summed E-state index contributed by atoms with van der Waals surface area (Å²) in [4.78, 5) is 30.2. The molecule has 10 heteroatoms. The quantitative estimate of drug-likeness (QED) is 0.0194. The summed E-state index contributed by atoms with van der Waals surface area (Å²) in [5.74, 6) is 3.55. The molecule has 0 unspecified atom stereocenters. The van der Waals surface area contributed by atoms with Crippen LogP contribution in [0, 0.1) is 11.8 Å². The van der Waals surface area contributed by atoms with Crippen molar-refractivity contribution in [2.75, 3.05) is 77.2 Å². The second-order valence-corrected chi connectivity index (χ2v) is 21.7. The summed E-state index contributed by atoms with van der Waals surface area (Å²) in [6.07, 6.45) is 46.7. The fourth-order valence-corrected chi connectivity index (χ4v) is 10.8. The lowest BCUT2D eigenvalue weighted by atomic mass is 9.94. The van der Waals surface area contributed by atoms with Gasteiger partial charge in [0.05, 0.1) is 19.6 Å². The summed E-state index contributed by atoms with van der Waals surface area (Å²) >= 11 is 0. The van der Waals surface area contributed by atoms with Crippen molar-refractivity contribution in [1.29, 1.82) is 0 Å². The fraction of sp³-hybridized carbons (Fsp3) is 0.857. The van der Waals surface area contributed by atoms with Gasteiger partial charge in [-0.05, 0) is 160 Å². The summed E-state index contributed by atoms with van der Waals surface area (Å²) in [5, 5.41) is 0. The number of esters is 2. The third kappa shape index (κ3) is 37.6. The lowest BCUT2D eigenvalue weighted by Crippen LogP contribution is -2.36. The topological polar surface area (TPSA) is 77.5 Å². The van der Waals surface area contributed by atoms with Crippen molar-refractivity contribution in [3.63, 3.8) is 0 Å². The molecule has 2 rings (SSSR count). The first-order chi connectivity index (χ1) is 32.5. The van der Waals surface area contributed by atoms with Gasteiger partial charge in [-0.25, -0.2) is 0 Å². The predicted molar refractivity (Wildman–Crippen MR) is 285 cm³/mol. The van der Waals surface area contributed by atoms with Crippen LogP contribution < -0.4 is 0 Å². The Labute approximate surface area is 415 Å². The van der Waals surface area contributed by atoms with E-state index in [1.165, 1.54) is 127 Å². The van der Waals surface area contributed by atoms with Gasteiger partial charge in [0.2, 0.25) is 0 Å². The van der Waals surface area contributed by atoms with E-state index in [0.29, 0.717) is 57.5 Å². The molecule has 0 aromatic heterocycles. The van der Waals surface area contributed by atoms with E-state index in [4.69, 9.17) is 18.9 Å². The third-order valence-corrected chi connectivity index (χ3v) is 15.6. The van der Waals surface area contributed by atoms with E-state index in [-0.39, 0.29) is 18.2 Å². The highest BCUT2D eigenvalue weighted by molar-refractivity contribution is 8.76. The maximum atomic E-state index is 12.7. The number of unbranched alkanes of at least 4 members (excludes halogenated alkanes) is 15. The standard InChI is InChI=1S/C56H102N2O6S2/c1-4-7-10-13-16-17-18-19-20-21-22-23-24-25-28-31-54(59)61-48-38-52-34-40-57(41-35-52)44-50-65-66-51-45-58-42-36-53(37-43-58)39-49-62-55(60)32-33-56(63-46-29-26-14-11-8-5-2)64-47-30-27-15-12-9-6-3/h8-9,11-12,19-20,52-53,56H,4-7,10,13-18,21-51H2,1-3H3/b11-8-,12-9-,20-19-. The van der Waals surface area contributed by atoms with Crippen LogP contribution in [0.2, 0.25) is 0 Å². The Balaban J connectivity index is 1.39. The smallest absolute Gasteiger partial charge is 0.305 e. The summed E-state index contributed by atoms with van der Waals surface area (Å²) < 4.78 is 23.5. The van der Waals surface area contributed by atoms with Crippen LogP contribution in [0.5, 0.6) is 0 Å². The zero-order valence-corrected chi connectivity index (χ0v) is 44.7. The van der Waals surface area contributed by atoms with Crippen molar-refractivity contribution >= 4 is 33.5 Å². The summed E-state index contributed by atoms with van der Waals surface area (Å²) in [7, 11) is 4.05. The van der Waals surface area contributed by atoms with Crippen LogP contribution in [0.3, 0.4) is 0 Å². The van der Waals surface area contributed by atoms with Gasteiger partial charge in [-0.2, -0.15) is 0 Å². The lowest BCUT2D eigenvalue weighted by molar-refractivity contribution is -0.159. The maximum absolute atomic E-state index is 12.7. The van der Waals surface area contributed by atoms with Crippen molar-refractivity contribution in [3.8, 4) is 0 Å². The lowest BCUT2D eigenvalue weighted by Gasteiger charge is -2.32. The molecule has 0 amide bonds. The first-order valence-corrected chi connectivity index (χ1v) is 30.2. The monoisotopic (exact) mass is 963 g/mol. The van der Waals surface area contributed by atoms with Crippen LogP contribution in [-0.4, -0.2) is 105 Å². The van der Waals surface area contributed by atoms with Gasteiger partial charge in [0.25, 0.3) is 0 Å². The van der Waals surface area contributed by atoms with Crippen molar-refractivity contribution in [2.24, 2.45) is 11.8 Å². The molecule has 2 heterocycles. The van der Waals surface area contributed by atoms with E-state index >= 15 is 0 Å². The first-order valence-electron chi connectivity index (χ1n) is 27.7. The average molecular weight is 964 g/mol. The average Bonchev–Trinajstić information content (AvgIpc) is 3.33. The SMILES string of the molecule is CC/C=C\CCCCOC(CCC(=O)OCCC1CCN(CCSSCCN2CCC(CCOC(=O)CCCCCCC/C=C\CCCCCCCC)CC2)CC1)OCCCC/C=C\CC. The van der Waals surface area contributed by atoms with Crippen LogP contribution in [0.25, 0.3) is 0 Å². The highest BCUT2D eigenvalue weighted by Gasteiger charge is 2.21. The van der Waals surface area contributed by atoms with E-state index in [1.54, 1.807) is 0 Å². The van der Waals surface area contributed by atoms with Gasteiger partial charge >= 0.3 is 11.9 Å². The zero-order valence-electron chi connectivity index (χ0n) is 43.1. The number of likely N-dealkylation sites (tertiary alicyclic amines) is 2. The largest absolute Gasteiger partial charge is 0.466 e. The van der Waals surface area contributed by atoms with Gasteiger partial charge in [0.15, 0.2) is 6.29 Å². The van der Waals surface area contributed by atoms with Gasteiger partial charge in [-0.15, -0.1) is 0 Å². The van der Waals surface area contributed by atoms with Gasteiger partial charge in [-0.3, -0.25) is 9.59 Å². The van der Waals surface area contributed by atoms with Gasteiger partial charge in [0.1, 0.15) is 0 Å². The zero-order chi connectivity index (χ0) is 47.2. The molecule has 8 nitrogen and oxygen atoms in total. The van der Waals surface area contributed by atoms with Crippen LogP contribution in [0.15, 0.2) is 36.5 Å². The van der Waals surface area contributed by atoms with Crippen LogP contribution >= 0.6 is 21.6 Å². The molecule has 66 heavy (non-hydrogen) atoms. The van der Waals surface area contributed by atoms with Crippen molar-refractivity contribution in [2.45, 2.75) is 220 Å². The minimum absolute atomic E-state index is 0.00130. The molecule has 0 saturated carbocycles.